The van der Waals surface area contributed by atoms with Crippen molar-refractivity contribution >= 4 is 34.8 Å². The van der Waals surface area contributed by atoms with Crippen molar-refractivity contribution in [3.8, 4) is 5.75 Å². The van der Waals surface area contributed by atoms with Crippen LogP contribution in [0.4, 0.5) is 0 Å². The minimum absolute atomic E-state index is 0.0924. The molecule has 0 saturated heterocycles. The Morgan fingerprint density at radius 1 is 1.05 bits per heavy atom. The van der Waals surface area contributed by atoms with Gasteiger partial charge in [0.1, 0.15) is 12.4 Å². The van der Waals surface area contributed by atoms with Crippen LogP contribution in [0.15, 0.2) is 36.4 Å². The first-order valence-corrected chi connectivity index (χ1v) is 7.70. The molecule has 21 heavy (non-hydrogen) atoms. The van der Waals surface area contributed by atoms with Crippen molar-refractivity contribution in [3.05, 3.63) is 62.6 Å². The molecule has 2 aromatic rings. The Morgan fingerprint density at radius 2 is 1.71 bits per heavy atom. The third-order valence-electron chi connectivity index (χ3n) is 2.99. The van der Waals surface area contributed by atoms with E-state index in [0.717, 1.165) is 17.5 Å². The fraction of sp³-hybridized carbons (Fsp3) is 0.250. The standard InChI is InChI=1S/C16H16Cl3NO/c1-10(20)7-11-5-6-16(15(19)8-11)21-9-12-13(17)3-2-4-14(12)18/h2-6,8,10H,7,9,20H2,1H3. The topological polar surface area (TPSA) is 35.2 Å². The highest BCUT2D eigenvalue weighted by atomic mass is 35.5. The zero-order chi connectivity index (χ0) is 15.4. The normalized spacial score (nSPS) is 12.2. The lowest BCUT2D eigenvalue weighted by Crippen LogP contribution is -2.17. The summed E-state index contributed by atoms with van der Waals surface area (Å²) >= 11 is 18.4. The molecule has 0 spiro atoms. The van der Waals surface area contributed by atoms with Crippen LogP contribution >= 0.6 is 34.8 Å². The van der Waals surface area contributed by atoms with Gasteiger partial charge in [-0.15, -0.1) is 0 Å². The minimum atomic E-state index is 0.0924. The Bertz CT molecular complexity index is 609. The predicted octanol–water partition coefficient (Wildman–Crippen LogP) is 5.12. The first kappa shape index (κ1) is 16.4. The number of ether oxygens (including phenoxy) is 1. The van der Waals surface area contributed by atoms with Crippen molar-refractivity contribution in [1.29, 1.82) is 0 Å². The van der Waals surface area contributed by atoms with Gasteiger partial charge in [-0.3, -0.25) is 0 Å². The van der Waals surface area contributed by atoms with E-state index >= 15 is 0 Å². The van der Waals surface area contributed by atoms with Crippen LogP contribution in [0.1, 0.15) is 18.1 Å². The zero-order valence-electron chi connectivity index (χ0n) is 11.6. The number of hydrogen-bond donors (Lipinski definition) is 1. The van der Waals surface area contributed by atoms with Gasteiger partial charge in [0.2, 0.25) is 0 Å². The van der Waals surface area contributed by atoms with Crippen LogP contribution in [0.3, 0.4) is 0 Å². The van der Waals surface area contributed by atoms with Gasteiger partial charge in [0.15, 0.2) is 0 Å². The number of halogens is 3. The molecule has 0 bridgehead atoms. The summed E-state index contributed by atoms with van der Waals surface area (Å²) in [5.74, 6) is 0.598. The van der Waals surface area contributed by atoms with Gasteiger partial charge in [0.05, 0.1) is 5.02 Å². The molecule has 0 heterocycles. The largest absolute Gasteiger partial charge is 0.487 e. The van der Waals surface area contributed by atoms with Gasteiger partial charge in [0, 0.05) is 21.7 Å². The molecule has 0 amide bonds. The predicted molar refractivity (Wildman–Crippen MR) is 89.6 cm³/mol. The molecule has 5 heteroatoms. The van der Waals surface area contributed by atoms with Crippen molar-refractivity contribution in [3.63, 3.8) is 0 Å². The van der Waals surface area contributed by atoms with Crippen molar-refractivity contribution in [2.24, 2.45) is 5.73 Å². The summed E-state index contributed by atoms with van der Waals surface area (Å²) in [6.45, 7) is 2.22. The summed E-state index contributed by atoms with van der Waals surface area (Å²) in [5, 5.41) is 1.70. The minimum Gasteiger partial charge on any atom is -0.487 e. The van der Waals surface area contributed by atoms with E-state index in [1.54, 1.807) is 18.2 Å². The molecule has 2 aromatic carbocycles. The molecule has 0 aliphatic heterocycles. The van der Waals surface area contributed by atoms with Crippen molar-refractivity contribution in [1.82, 2.24) is 0 Å². The summed E-state index contributed by atoms with van der Waals surface area (Å²) in [4.78, 5) is 0. The van der Waals surface area contributed by atoms with Crippen molar-refractivity contribution < 1.29 is 4.74 Å². The summed E-state index contributed by atoms with van der Waals surface area (Å²) < 4.78 is 5.71. The van der Waals surface area contributed by atoms with Crippen LogP contribution < -0.4 is 10.5 Å². The maximum absolute atomic E-state index is 6.23. The van der Waals surface area contributed by atoms with Crippen LogP contribution in [0.2, 0.25) is 15.1 Å². The SMILES string of the molecule is CC(N)Cc1ccc(OCc2c(Cl)cccc2Cl)c(Cl)c1. The lowest BCUT2D eigenvalue weighted by atomic mass is 10.1. The molecule has 1 atom stereocenters. The average molecular weight is 345 g/mol. The van der Waals surface area contributed by atoms with E-state index in [1.807, 2.05) is 25.1 Å². The molecule has 2 rings (SSSR count). The average Bonchev–Trinajstić information content (AvgIpc) is 2.39. The third kappa shape index (κ3) is 4.52. The highest BCUT2D eigenvalue weighted by Gasteiger charge is 2.09. The van der Waals surface area contributed by atoms with Crippen molar-refractivity contribution in [2.45, 2.75) is 26.0 Å². The van der Waals surface area contributed by atoms with E-state index in [9.17, 15) is 0 Å². The molecule has 1 unspecified atom stereocenters. The molecule has 112 valence electrons. The van der Waals surface area contributed by atoms with Crippen LogP contribution in [-0.4, -0.2) is 6.04 Å². The first-order valence-electron chi connectivity index (χ1n) is 6.57. The van der Waals surface area contributed by atoms with E-state index < -0.39 is 0 Å². The quantitative estimate of drug-likeness (QED) is 0.817. The van der Waals surface area contributed by atoms with Gasteiger partial charge >= 0.3 is 0 Å². The number of nitrogens with two attached hydrogens (primary N) is 1. The van der Waals surface area contributed by atoms with Crippen molar-refractivity contribution in [2.75, 3.05) is 0 Å². The summed E-state index contributed by atoms with van der Waals surface area (Å²) in [7, 11) is 0. The third-order valence-corrected chi connectivity index (χ3v) is 3.99. The van der Waals surface area contributed by atoms with Crippen LogP contribution in [-0.2, 0) is 13.0 Å². The molecule has 2 nitrogen and oxygen atoms in total. The van der Waals surface area contributed by atoms with E-state index in [0.29, 0.717) is 20.8 Å². The second-order valence-electron chi connectivity index (χ2n) is 4.94. The maximum atomic E-state index is 6.23. The molecule has 0 saturated carbocycles. The molecular formula is C16H16Cl3NO. The van der Waals surface area contributed by atoms with Gasteiger partial charge in [-0.1, -0.05) is 46.9 Å². The van der Waals surface area contributed by atoms with E-state index in [-0.39, 0.29) is 12.6 Å². The molecule has 0 radical (unpaired) electrons. The fourth-order valence-corrected chi connectivity index (χ4v) is 2.74. The summed E-state index contributed by atoms with van der Waals surface area (Å²) in [6, 6.07) is 11.1. The Morgan fingerprint density at radius 3 is 2.29 bits per heavy atom. The number of hydrogen-bond acceptors (Lipinski definition) is 2. The molecule has 0 aliphatic carbocycles. The van der Waals surface area contributed by atoms with Crippen LogP contribution in [0, 0.1) is 0 Å². The summed E-state index contributed by atoms with van der Waals surface area (Å²) in [5.41, 5.74) is 7.61. The van der Waals surface area contributed by atoms with Crippen LogP contribution in [0.5, 0.6) is 5.75 Å². The Hall–Kier alpha value is -0.930. The van der Waals surface area contributed by atoms with Gasteiger partial charge in [0.25, 0.3) is 0 Å². The molecule has 0 aliphatic rings. The zero-order valence-corrected chi connectivity index (χ0v) is 13.8. The second-order valence-corrected chi connectivity index (χ2v) is 6.16. The molecular weight excluding hydrogens is 329 g/mol. The highest BCUT2D eigenvalue weighted by molar-refractivity contribution is 6.36. The summed E-state index contributed by atoms with van der Waals surface area (Å²) in [6.07, 6.45) is 0.774. The lowest BCUT2D eigenvalue weighted by molar-refractivity contribution is 0.306. The maximum Gasteiger partial charge on any atom is 0.138 e. The Kier molecular flexibility index (Phi) is 5.77. The molecule has 2 N–H and O–H groups in total. The Labute approximate surface area is 139 Å². The number of rotatable bonds is 5. The lowest BCUT2D eigenvalue weighted by Gasteiger charge is -2.12. The molecule has 0 aromatic heterocycles. The van der Waals surface area contributed by atoms with Gasteiger partial charge in [-0.25, -0.2) is 0 Å². The van der Waals surface area contributed by atoms with E-state index in [2.05, 4.69) is 0 Å². The monoisotopic (exact) mass is 343 g/mol. The van der Waals surface area contributed by atoms with E-state index in [1.165, 1.54) is 0 Å². The van der Waals surface area contributed by atoms with Crippen LogP contribution in [0.25, 0.3) is 0 Å². The number of benzene rings is 2. The highest BCUT2D eigenvalue weighted by Crippen LogP contribution is 2.29. The smallest absolute Gasteiger partial charge is 0.138 e. The Balaban J connectivity index is 2.10. The molecule has 0 fully saturated rings. The second kappa shape index (κ2) is 7.37. The first-order chi connectivity index (χ1) is 9.97. The van der Waals surface area contributed by atoms with Gasteiger partial charge in [-0.2, -0.15) is 0 Å². The van der Waals surface area contributed by atoms with Gasteiger partial charge < -0.3 is 10.5 Å². The fourth-order valence-electron chi connectivity index (χ4n) is 1.98. The van der Waals surface area contributed by atoms with E-state index in [4.69, 9.17) is 45.3 Å². The van der Waals surface area contributed by atoms with Gasteiger partial charge in [-0.05, 0) is 43.2 Å².